The Kier molecular flexibility index (Phi) is 11.9. The van der Waals surface area contributed by atoms with Crippen molar-refractivity contribution in [2.45, 2.75) is 29.4 Å². The second kappa shape index (κ2) is 15.4. The second-order valence-corrected chi connectivity index (χ2v) is 7.69. The highest BCUT2D eigenvalue weighted by Crippen LogP contribution is 2.25. The number of methoxy groups -OCH3 is 1. The quantitative estimate of drug-likeness (QED) is 0.203. The Morgan fingerprint density at radius 3 is 2.48 bits per heavy atom. The summed E-state index contributed by atoms with van der Waals surface area (Å²) in [6.45, 7) is 0. The van der Waals surface area contributed by atoms with E-state index in [-0.39, 0.29) is 11.2 Å². The maximum atomic E-state index is 11.5. The van der Waals surface area contributed by atoms with Gasteiger partial charge in [0.2, 0.25) is 0 Å². The smallest absolute Gasteiger partial charge is 0.305 e. The summed E-state index contributed by atoms with van der Waals surface area (Å²) in [7, 11) is 1.40. The molecule has 0 aliphatic rings. The summed E-state index contributed by atoms with van der Waals surface area (Å²) in [4.78, 5) is 12.6. The first-order chi connectivity index (χ1) is 15.3. The van der Waals surface area contributed by atoms with Gasteiger partial charge in [-0.2, -0.15) is 0 Å². The molecule has 0 aliphatic heterocycles. The molecule has 0 bridgehead atoms. The molecule has 2 aromatic carbocycles. The molecule has 1 atom stereocenters. The van der Waals surface area contributed by atoms with Crippen LogP contribution >= 0.6 is 11.8 Å². The lowest BCUT2D eigenvalue weighted by Crippen LogP contribution is -2.06. The molecule has 1 unspecified atom stereocenters. The number of hydrogen-bond acceptors (Lipinski definition) is 3. The Labute approximate surface area is 190 Å². The largest absolute Gasteiger partial charge is 0.469 e. The summed E-state index contributed by atoms with van der Waals surface area (Å²) in [6, 6.07) is 20.2. The molecule has 0 spiro atoms. The van der Waals surface area contributed by atoms with Gasteiger partial charge in [0.25, 0.3) is 0 Å². The molecule has 0 aliphatic carbocycles. The Morgan fingerprint density at radius 2 is 1.74 bits per heavy atom. The predicted molar refractivity (Wildman–Crippen MR) is 131 cm³/mol. The molecule has 0 N–H and O–H groups in total. The van der Waals surface area contributed by atoms with Gasteiger partial charge >= 0.3 is 5.97 Å². The number of benzene rings is 2. The molecule has 0 aromatic heterocycles. The summed E-state index contributed by atoms with van der Waals surface area (Å²) in [5, 5.41) is -0.0147. The summed E-state index contributed by atoms with van der Waals surface area (Å²) in [5.41, 5.74) is 1.18. The van der Waals surface area contributed by atoms with Gasteiger partial charge < -0.3 is 4.74 Å². The standard InChI is InChI=1S/C28H26O2S/c1-30-28(29)24-23-27(31-26-20-15-10-16-21-26)22-14-8-6-4-2-3-5-7-11-17-25-18-12-9-13-19-25/h2,4-5,7,9-13,15-21,27H,3,23-24H2,1H3/b4-2+,7-5+,17-11+. The fraction of sp³-hybridized carbons (Fsp3) is 0.179. The molecule has 31 heavy (non-hydrogen) atoms. The zero-order valence-corrected chi connectivity index (χ0v) is 18.5. The van der Waals surface area contributed by atoms with Crippen molar-refractivity contribution < 1.29 is 9.53 Å². The third-order valence-corrected chi connectivity index (χ3v) is 5.22. The first-order valence-electron chi connectivity index (χ1n) is 10.1. The van der Waals surface area contributed by atoms with Crippen LogP contribution in [0.15, 0.2) is 95.9 Å². The molecule has 0 saturated carbocycles. The van der Waals surface area contributed by atoms with E-state index in [1.807, 2.05) is 72.8 Å². The number of thioether (sulfide) groups is 1. The third kappa shape index (κ3) is 11.4. The highest BCUT2D eigenvalue weighted by Gasteiger charge is 2.10. The van der Waals surface area contributed by atoms with Gasteiger partial charge in [-0.25, -0.2) is 0 Å². The second-order valence-electron chi connectivity index (χ2n) is 6.41. The van der Waals surface area contributed by atoms with Gasteiger partial charge in [0.1, 0.15) is 0 Å². The van der Waals surface area contributed by atoms with E-state index >= 15 is 0 Å². The molecule has 3 heteroatoms. The van der Waals surface area contributed by atoms with Crippen LogP contribution in [-0.4, -0.2) is 18.3 Å². The van der Waals surface area contributed by atoms with Crippen LogP contribution in [0.5, 0.6) is 0 Å². The summed E-state index contributed by atoms with van der Waals surface area (Å²) < 4.78 is 4.74. The third-order valence-electron chi connectivity index (χ3n) is 4.04. The van der Waals surface area contributed by atoms with E-state index in [1.165, 1.54) is 12.7 Å². The highest BCUT2D eigenvalue weighted by atomic mass is 32.2. The molecule has 156 valence electrons. The van der Waals surface area contributed by atoms with Gasteiger partial charge in [-0.05, 0) is 48.5 Å². The topological polar surface area (TPSA) is 26.3 Å². The van der Waals surface area contributed by atoms with E-state index in [0.29, 0.717) is 12.8 Å². The minimum atomic E-state index is -0.221. The molecule has 0 amide bonds. The van der Waals surface area contributed by atoms with E-state index in [2.05, 4.69) is 48.0 Å². The van der Waals surface area contributed by atoms with E-state index in [9.17, 15) is 4.79 Å². The summed E-state index contributed by atoms with van der Waals surface area (Å²) >= 11 is 1.64. The molecule has 2 aromatic rings. The van der Waals surface area contributed by atoms with E-state index in [4.69, 9.17) is 4.74 Å². The average molecular weight is 427 g/mol. The molecule has 2 nitrogen and oxygen atoms in total. The first kappa shape index (κ1) is 23.9. The summed E-state index contributed by atoms with van der Waals surface area (Å²) in [6.07, 6.45) is 13.8. The minimum absolute atomic E-state index is 0.0147. The van der Waals surface area contributed by atoms with Crippen LogP contribution in [0.2, 0.25) is 0 Å². The van der Waals surface area contributed by atoms with Gasteiger partial charge in [0, 0.05) is 11.3 Å². The number of ether oxygens (including phenoxy) is 1. The molecule has 0 saturated heterocycles. The van der Waals surface area contributed by atoms with Crippen LogP contribution in [0.25, 0.3) is 6.08 Å². The van der Waals surface area contributed by atoms with Crippen LogP contribution in [0.3, 0.4) is 0 Å². The van der Waals surface area contributed by atoms with Crippen molar-refractivity contribution in [2.24, 2.45) is 0 Å². The minimum Gasteiger partial charge on any atom is -0.469 e. The van der Waals surface area contributed by atoms with Gasteiger partial charge in [-0.1, -0.05) is 90.8 Å². The SMILES string of the molecule is COC(=O)CCC(C#CC#C/C=C/C/C=C/C=C/c1ccccc1)Sc1ccccc1. The first-order valence-corrected chi connectivity index (χ1v) is 11.0. The molecule has 0 radical (unpaired) electrons. The van der Waals surface area contributed by atoms with Crippen LogP contribution in [0.4, 0.5) is 0 Å². The number of carbonyl (C=O) groups is 1. The number of allylic oxidation sites excluding steroid dienone is 5. The Hall–Kier alpha value is -3.40. The number of carbonyl (C=O) groups excluding carboxylic acids is 1. The van der Waals surface area contributed by atoms with Gasteiger partial charge in [-0.3, -0.25) is 4.79 Å². The predicted octanol–water partition coefficient (Wildman–Crippen LogP) is 6.32. The van der Waals surface area contributed by atoms with Crippen molar-refractivity contribution in [3.63, 3.8) is 0 Å². The average Bonchev–Trinajstić information content (AvgIpc) is 2.81. The molecule has 2 rings (SSSR count). The van der Waals surface area contributed by atoms with Crippen molar-refractivity contribution in [3.05, 3.63) is 96.6 Å². The lowest BCUT2D eigenvalue weighted by molar-refractivity contribution is -0.140. The maximum absolute atomic E-state index is 11.5. The van der Waals surface area contributed by atoms with E-state index in [0.717, 1.165) is 11.3 Å². The van der Waals surface area contributed by atoms with Gasteiger partial charge in [-0.15, -0.1) is 11.8 Å². The Bertz CT molecular complexity index is 997. The summed E-state index contributed by atoms with van der Waals surface area (Å²) in [5.74, 6) is 11.6. The van der Waals surface area contributed by atoms with Crippen LogP contribution in [-0.2, 0) is 9.53 Å². The molecule has 0 fully saturated rings. The van der Waals surface area contributed by atoms with Gasteiger partial charge in [0.15, 0.2) is 0 Å². The molecule has 0 heterocycles. The number of hydrogen-bond donors (Lipinski definition) is 0. The van der Waals surface area contributed by atoms with Crippen LogP contribution in [0.1, 0.15) is 24.8 Å². The lowest BCUT2D eigenvalue weighted by atomic mass is 10.2. The molecular formula is C28H26O2S. The Balaban J connectivity index is 1.80. The zero-order valence-electron chi connectivity index (χ0n) is 17.7. The van der Waals surface area contributed by atoms with Crippen molar-refractivity contribution >= 4 is 23.8 Å². The fourth-order valence-corrected chi connectivity index (χ4v) is 3.46. The lowest BCUT2D eigenvalue weighted by Gasteiger charge is -2.09. The fourth-order valence-electron chi connectivity index (χ4n) is 2.46. The van der Waals surface area contributed by atoms with E-state index < -0.39 is 0 Å². The van der Waals surface area contributed by atoms with Crippen molar-refractivity contribution in [2.75, 3.05) is 7.11 Å². The van der Waals surface area contributed by atoms with Crippen molar-refractivity contribution in [3.8, 4) is 23.7 Å². The van der Waals surface area contributed by atoms with Gasteiger partial charge in [0.05, 0.1) is 12.4 Å². The zero-order chi connectivity index (χ0) is 22.0. The van der Waals surface area contributed by atoms with E-state index in [1.54, 1.807) is 11.8 Å². The van der Waals surface area contributed by atoms with Crippen molar-refractivity contribution in [1.82, 2.24) is 0 Å². The van der Waals surface area contributed by atoms with Crippen molar-refractivity contribution in [1.29, 1.82) is 0 Å². The van der Waals surface area contributed by atoms with Crippen LogP contribution in [0, 0.1) is 23.7 Å². The Morgan fingerprint density at radius 1 is 1.00 bits per heavy atom. The normalized spacial score (nSPS) is 11.6. The number of rotatable bonds is 9. The highest BCUT2D eigenvalue weighted by molar-refractivity contribution is 8.00. The molecular weight excluding hydrogens is 400 g/mol. The number of esters is 1. The van der Waals surface area contributed by atoms with Crippen LogP contribution < -0.4 is 0 Å². The maximum Gasteiger partial charge on any atom is 0.305 e. The monoisotopic (exact) mass is 426 g/mol.